The standard InChI is InChI=1S/C2H4O2.Hg/c1-2(3)4;/h1H3,(H,3,4);/q;+1/p-1. The molecule has 0 aromatic carbocycles. The van der Waals surface area contributed by atoms with E-state index in [1.165, 1.54) is 0 Å². The molecule has 0 saturated heterocycles. The molecule has 0 unspecified atom stereocenters. The van der Waals surface area contributed by atoms with Gasteiger partial charge in [-0.2, -0.15) is 0 Å². The van der Waals surface area contributed by atoms with Gasteiger partial charge in [-0.25, -0.2) is 0 Å². The van der Waals surface area contributed by atoms with Gasteiger partial charge in [0.25, 0.3) is 0 Å². The molecule has 0 aromatic heterocycles. The Hall–Kier alpha value is 0.405. The van der Waals surface area contributed by atoms with E-state index in [1.807, 2.05) is 0 Å². The van der Waals surface area contributed by atoms with E-state index in [0.29, 0.717) is 0 Å². The fourth-order valence-corrected chi connectivity index (χ4v) is 0. The third-order valence-electron chi connectivity index (χ3n) is 0. The second-order valence-corrected chi connectivity index (χ2v) is 0.492. The van der Waals surface area contributed by atoms with Gasteiger partial charge in [-0.3, -0.25) is 0 Å². The van der Waals surface area contributed by atoms with Crippen molar-refractivity contribution in [1.29, 1.82) is 0 Å². The number of carboxylic acids is 1. The normalized spacial score (nSPS) is 5.00. The molecule has 5 heavy (non-hydrogen) atoms. The van der Waals surface area contributed by atoms with Crippen molar-refractivity contribution in [2.24, 2.45) is 0 Å². The molecule has 1 radical (unpaired) electrons. The molecule has 0 amide bonds. The first-order valence-electron chi connectivity index (χ1n) is 0.908. The van der Waals surface area contributed by atoms with Crippen LogP contribution in [0.3, 0.4) is 0 Å². The summed E-state index contributed by atoms with van der Waals surface area (Å²) >= 11 is 0. The van der Waals surface area contributed by atoms with Gasteiger partial charge in [0, 0.05) is 5.97 Å². The number of aliphatic carboxylic acids is 1. The zero-order valence-electron chi connectivity index (χ0n) is 3.02. The summed E-state index contributed by atoms with van der Waals surface area (Å²) in [6.45, 7) is 0.972. The average molecular weight is 260 g/mol. The summed E-state index contributed by atoms with van der Waals surface area (Å²) in [5.41, 5.74) is 0. The third kappa shape index (κ3) is 155. The van der Waals surface area contributed by atoms with Crippen LogP contribution in [-0.2, 0) is 32.5 Å². The minimum atomic E-state index is -1.08. The monoisotopic (exact) mass is 261 g/mol. The maximum Gasteiger partial charge on any atom is 1.00 e. The van der Waals surface area contributed by atoms with Crippen molar-refractivity contribution in [3.63, 3.8) is 0 Å². The van der Waals surface area contributed by atoms with E-state index in [4.69, 9.17) is 9.90 Å². The fraction of sp³-hybridized carbons (Fsp3) is 0.500. The first-order valence-corrected chi connectivity index (χ1v) is 0.908. The molecule has 0 spiro atoms. The molecule has 0 rings (SSSR count). The topological polar surface area (TPSA) is 40.1 Å². The molecule has 0 aliphatic heterocycles. The second kappa shape index (κ2) is 4.41. The fourth-order valence-electron chi connectivity index (χ4n) is 0. The number of carbonyl (C=O) groups excluding carboxylic acids is 1. The van der Waals surface area contributed by atoms with Crippen LogP contribution in [0, 0.1) is 0 Å². The molecular formula is C2H3HgO2. The van der Waals surface area contributed by atoms with E-state index in [-0.39, 0.29) is 27.7 Å². The van der Waals surface area contributed by atoms with Crippen molar-refractivity contribution in [3.8, 4) is 0 Å². The Labute approximate surface area is 50.7 Å². The van der Waals surface area contributed by atoms with Gasteiger partial charge < -0.3 is 9.90 Å². The molecule has 0 aliphatic rings. The molecule has 0 N–H and O–H groups in total. The quantitative estimate of drug-likeness (QED) is 0.510. The van der Waals surface area contributed by atoms with Gasteiger partial charge in [0.15, 0.2) is 0 Å². The van der Waals surface area contributed by atoms with Gasteiger partial charge in [-0.05, 0) is 6.92 Å². The van der Waals surface area contributed by atoms with Crippen molar-refractivity contribution >= 4 is 5.97 Å². The summed E-state index contributed by atoms with van der Waals surface area (Å²) in [7, 11) is 0. The van der Waals surface area contributed by atoms with Gasteiger partial charge in [0.05, 0.1) is 0 Å². The average Bonchev–Trinajstić information content (AvgIpc) is 0.811. The molecule has 0 saturated carbocycles. The molecule has 0 aromatic rings. The molecule has 0 bridgehead atoms. The predicted molar refractivity (Wildman–Crippen MR) is 10.7 cm³/mol. The van der Waals surface area contributed by atoms with Crippen LogP contribution in [0.5, 0.6) is 0 Å². The number of hydrogen-bond acceptors (Lipinski definition) is 2. The van der Waals surface area contributed by atoms with Crippen LogP contribution in [0.25, 0.3) is 0 Å². The summed E-state index contributed by atoms with van der Waals surface area (Å²) < 4.78 is 0. The van der Waals surface area contributed by atoms with E-state index in [0.717, 1.165) is 6.92 Å². The smallest absolute Gasteiger partial charge is 0.550 e. The molecule has 0 fully saturated rings. The van der Waals surface area contributed by atoms with Gasteiger partial charge in [0.1, 0.15) is 0 Å². The van der Waals surface area contributed by atoms with Gasteiger partial charge in [-0.1, -0.05) is 0 Å². The van der Waals surface area contributed by atoms with Crippen molar-refractivity contribution in [2.75, 3.05) is 0 Å². The van der Waals surface area contributed by atoms with Crippen molar-refractivity contribution in [2.45, 2.75) is 6.92 Å². The summed E-state index contributed by atoms with van der Waals surface area (Å²) in [4.78, 5) is 8.89. The first-order chi connectivity index (χ1) is 1.73. The predicted octanol–water partition coefficient (Wildman–Crippen LogP) is -1.25. The van der Waals surface area contributed by atoms with E-state index < -0.39 is 5.97 Å². The van der Waals surface area contributed by atoms with Crippen LogP contribution in [0.15, 0.2) is 0 Å². The zero-order valence-corrected chi connectivity index (χ0v) is 8.52. The molecule has 0 heterocycles. The van der Waals surface area contributed by atoms with E-state index >= 15 is 0 Å². The van der Waals surface area contributed by atoms with Crippen molar-refractivity contribution in [3.05, 3.63) is 0 Å². The minimum absolute atomic E-state index is 0. The Kier molecular flexibility index (Phi) is 7.97. The van der Waals surface area contributed by atoms with Crippen molar-refractivity contribution < 1.29 is 37.6 Å². The number of carbonyl (C=O) groups is 1. The number of hydrogen-bond donors (Lipinski definition) is 0. The zero-order chi connectivity index (χ0) is 3.58. The molecule has 25 valence electrons. The van der Waals surface area contributed by atoms with Crippen LogP contribution in [0.4, 0.5) is 0 Å². The first kappa shape index (κ1) is 9.05. The summed E-state index contributed by atoms with van der Waals surface area (Å²) in [5, 5.41) is 8.89. The van der Waals surface area contributed by atoms with Crippen molar-refractivity contribution in [1.82, 2.24) is 0 Å². The van der Waals surface area contributed by atoms with Gasteiger partial charge in [-0.15, -0.1) is 0 Å². The molecule has 3 heteroatoms. The van der Waals surface area contributed by atoms with Gasteiger partial charge in [0.2, 0.25) is 0 Å². The largest absolute Gasteiger partial charge is 1.00 e. The Morgan fingerprint density at radius 1 is 1.80 bits per heavy atom. The summed E-state index contributed by atoms with van der Waals surface area (Å²) in [6.07, 6.45) is 0. The Balaban J connectivity index is 0. The van der Waals surface area contributed by atoms with E-state index in [2.05, 4.69) is 0 Å². The molecule has 0 atom stereocenters. The maximum absolute atomic E-state index is 8.89. The van der Waals surface area contributed by atoms with Crippen LogP contribution in [0.1, 0.15) is 6.92 Å². The Morgan fingerprint density at radius 3 is 1.80 bits per heavy atom. The maximum atomic E-state index is 8.89. The minimum Gasteiger partial charge on any atom is -0.550 e. The molecule has 2 nitrogen and oxygen atoms in total. The van der Waals surface area contributed by atoms with Crippen LogP contribution >= 0.6 is 0 Å². The third-order valence-corrected chi connectivity index (χ3v) is 0. The summed E-state index contributed by atoms with van der Waals surface area (Å²) in [5.74, 6) is -1.08. The van der Waals surface area contributed by atoms with E-state index in [1.54, 1.807) is 0 Å². The van der Waals surface area contributed by atoms with Crippen LogP contribution < -0.4 is 5.11 Å². The second-order valence-electron chi connectivity index (χ2n) is 0.492. The van der Waals surface area contributed by atoms with E-state index in [9.17, 15) is 0 Å². The van der Waals surface area contributed by atoms with Crippen LogP contribution in [-0.4, -0.2) is 5.97 Å². The SMILES string of the molecule is CC(=O)[O-].[Hg+]. The van der Waals surface area contributed by atoms with Crippen LogP contribution in [0.2, 0.25) is 0 Å². The summed E-state index contributed by atoms with van der Waals surface area (Å²) in [6, 6.07) is 0. The number of rotatable bonds is 0. The molecule has 0 aliphatic carbocycles. The Bertz CT molecular complexity index is 30.6. The Morgan fingerprint density at radius 2 is 1.80 bits per heavy atom. The number of carboxylic acid groups (broad SMARTS) is 1. The van der Waals surface area contributed by atoms with Gasteiger partial charge >= 0.3 is 27.7 Å². The molecular weight excluding hydrogens is 257 g/mol.